The lowest BCUT2D eigenvalue weighted by Gasteiger charge is -2.14. The molecule has 0 aliphatic rings. The highest BCUT2D eigenvalue weighted by molar-refractivity contribution is 5.69. The summed E-state index contributed by atoms with van der Waals surface area (Å²) in [5, 5.41) is 0. The van der Waals surface area contributed by atoms with Gasteiger partial charge in [0.15, 0.2) is 11.5 Å². The summed E-state index contributed by atoms with van der Waals surface area (Å²) in [5.41, 5.74) is 6.73. The molecule has 0 heterocycles. The smallest absolute Gasteiger partial charge is 0.305 e. The average molecular weight is 718 g/mol. The molecule has 2 N–H and O–H groups in total. The van der Waals surface area contributed by atoms with Crippen LogP contribution in [0.1, 0.15) is 195 Å². The molecule has 7 nitrogen and oxygen atoms in total. The lowest BCUT2D eigenvalue weighted by Crippen LogP contribution is -2.13. The Morgan fingerprint density at radius 1 is 0.529 bits per heavy atom. The highest BCUT2D eigenvalue weighted by Gasteiger charge is 2.11. The van der Waals surface area contributed by atoms with Gasteiger partial charge in [-0.15, -0.1) is 0 Å². The summed E-state index contributed by atoms with van der Waals surface area (Å²) in [6.07, 6.45) is 28.5. The molecule has 0 bridgehead atoms. The van der Waals surface area contributed by atoms with Crippen molar-refractivity contribution in [1.29, 1.82) is 0 Å². The van der Waals surface area contributed by atoms with Gasteiger partial charge >= 0.3 is 11.9 Å². The molecule has 2 atom stereocenters. The molecule has 0 spiro atoms. The fourth-order valence-corrected chi connectivity index (χ4v) is 6.35. The van der Waals surface area contributed by atoms with Crippen LogP contribution in [0.25, 0.3) is 0 Å². The van der Waals surface area contributed by atoms with Crippen LogP contribution in [-0.4, -0.2) is 38.4 Å². The third kappa shape index (κ3) is 26.9. The third-order valence-corrected chi connectivity index (χ3v) is 10.1. The molecule has 0 saturated carbocycles. The van der Waals surface area contributed by atoms with Gasteiger partial charge in [-0.05, 0) is 62.5 Å². The van der Waals surface area contributed by atoms with Gasteiger partial charge in [-0.2, -0.15) is 0 Å². The minimum Gasteiger partial charge on any atom is -0.490 e. The Morgan fingerprint density at radius 3 is 1.33 bits per heavy atom. The standard InChI is InChI=1S/C44H79NO6/c1-5-9-27-38(7-3)36-50-43(46)29-23-19-15-11-13-17-21-25-33-48-41-32-31-40(45)35-42(41)49-34-26-22-18-14-12-16-20-24-30-44(47)51-37-39(8-4)28-10-6-2/h31-32,35,38-39H,5-30,33-34,36-37,45H2,1-4H3. The van der Waals surface area contributed by atoms with Crippen molar-refractivity contribution < 1.29 is 28.5 Å². The number of benzene rings is 1. The number of nitrogens with two attached hydrogens (primary N) is 1. The summed E-state index contributed by atoms with van der Waals surface area (Å²) < 4.78 is 23.2. The summed E-state index contributed by atoms with van der Waals surface area (Å²) in [7, 11) is 0. The topological polar surface area (TPSA) is 97.1 Å². The maximum Gasteiger partial charge on any atom is 0.305 e. The van der Waals surface area contributed by atoms with E-state index in [2.05, 4.69) is 27.7 Å². The van der Waals surface area contributed by atoms with E-state index >= 15 is 0 Å². The van der Waals surface area contributed by atoms with E-state index in [1.165, 1.54) is 77.0 Å². The Balaban J connectivity index is 2.02. The van der Waals surface area contributed by atoms with Gasteiger partial charge < -0.3 is 24.7 Å². The Bertz CT molecular complexity index is 969. The van der Waals surface area contributed by atoms with Gasteiger partial charge in [-0.3, -0.25) is 9.59 Å². The van der Waals surface area contributed by atoms with E-state index in [-0.39, 0.29) is 11.9 Å². The van der Waals surface area contributed by atoms with Gasteiger partial charge in [0, 0.05) is 24.6 Å². The van der Waals surface area contributed by atoms with Gasteiger partial charge in [0.1, 0.15) is 0 Å². The SMILES string of the molecule is CCCCC(CC)COC(=O)CCCCCCCCCCOc1ccc(N)cc1OCCCCCCCCCCC(=O)OCC(CC)CCCC. The minimum atomic E-state index is -0.0252. The molecule has 2 unspecified atom stereocenters. The fourth-order valence-electron chi connectivity index (χ4n) is 6.35. The van der Waals surface area contributed by atoms with Crippen LogP contribution in [0.15, 0.2) is 18.2 Å². The number of rotatable bonds is 36. The van der Waals surface area contributed by atoms with Crippen molar-refractivity contribution in [3.63, 3.8) is 0 Å². The van der Waals surface area contributed by atoms with E-state index in [0.717, 1.165) is 88.5 Å². The van der Waals surface area contributed by atoms with E-state index in [1.54, 1.807) is 0 Å². The Kier molecular flexibility index (Phi) is 30.5. The van der Waals surface area contributed by atoms with Crippen molar-refractivity contribution >= 4 is 17.6 Å². The zero-order valence-electron chi connectivity index (χ0n) is 33.6. The van der Waals surface area contributed by atoms with Crippen LogP contribution in [0.4, 0.5) is 5.69 Å². The molecule has 0 fully saturated rings. The number of carbonyl (C=O) groups is 2. The average Bonchev–Trinajstić information content (AvgIpc) is 3.13. The first-order chi connectivity index (χ1) is 24.9. The maximum absolute atomic E-state index is 12.0. The second-order valence-corrected chi connectivity index (χ2v) is 14.8. The van der Waals surface area contributed by atoms with Crippen LogP contribution in [0.3, 0.4) is 0 Å². The van der Waals surface area contributed by atoms with E-state index < -0.39 is 0 Å². The summed E-state index contributed by atoms with van der Waals surface area (Å²) in [5.74, 6) is 2.50. The van der Waals surface area contributed by atoms with Gasteiger partial charge in [-0.25, -0.2) is 0 Å². The Hall–Kier alpha value is -2.44. The monoisotopic (exact) mass is 718 g/mol. The fraction of sp³-hybridized carbons (Fsp3) is 0.818. The molecular weight excluding hydrogens is 638 g/mol. The third-order valence-electron chi connectivity index (χ3n) is 10.1. The summed E-state index contributed by atoms with van der Waals surface area (Å²) >= 11 is 0. The normalized spacial score (nSPS) is 12.4. The second-order valence-electron chi connectivity index (χ2n) is 14.8. The van der Waals surface area contributed by atoms with Gasteiger partial charge in [0.05, 0.1) is 26.4 Å². The van der Waals surface area contributed by atoms with Gasteiger partial charge in [0.2, 0.25) is 0 Å². The largest absolute Gasteiger partial charge is 0.490 e. The Labute approximate surface area is 313 Å². The van der Waals surface area contributed by atoms with Crippen molar-refractivity contribution in [2.45, 2.75) is 195 Å². The first kappa shape index (κ1) is 46.6. The minimum absolute atomic E-state index is 0.0243. The van der Waals surface area contributed by atoms with Gasteiger partial charge in [0.25, 0.3) is 0 Å². The van der Waals surface area contributed by atoms with Crippen molar-refractivity contribution in [3.05, 3.63) is 18.2 Å². The lowest BCUT2D eigenvalue weighted by atomic mass is 10.0. The molecule has 0 aromatic heterocycles. The number of hydrogen-bond acceptors (Lipinski definition) is 7. The molecule has 0 radical (unpaired) electrons. The van der Waals surface area contributed by atoms with Crippen molar-refractivity contribution in [3.8, 4) is 11.5 Å². The first-order valence-electron chi connectivity index (χ1n) is 21.4. The molecule has 0 aliphatic carbocycles. The molecule has 0 aliphatic heterocycles. The highest BCUT2D eigenvalue weighted by atomic mass is 16.5. The summed E-state index contributed by atoms with van der Waals surface area (Å²) in [6, 6.07) is 5.66. The zero-order valence-corrected chi connectivity index (χ0v) is 33.6. The van der Waals surface area contributed by atoms with Crippen LogP contribution in [0.2, 0.25) is 0 Å². The van der Waals surface area contributed by atoms with Crippen molar-refractivity contribution in [2.75, 3.05) is 32.2 Å². The quantitative estimate of drug-likeness (QED) is 0.0419. The zero-order chi connectivity index (χ0) is 37.2. The van der Waals surface area contributed by atoms with E-state index in [9.17, 15) is 9.59 Å². The molecule has 1 rings (SSSR count). The lowest BCUT2D eigenvalue weighted by molar-refractivity contribution is -0.146. The molecule has 0 amide bonds. The molecule has 296 valence electrons. The van der Waals surface area contributed by atoms with E-state index in [0.29, 0.717) is 56.8 Å². The molecular formula is C44H79NO6. The number of carbonyl (C=O) groups excluding carboxylic acids is 2. The molecule has 0 saturated heterocycles. The number of anilines is 1. The first-order valence-corrected chi connectivity index (χ1v) is 21.4. The van der Waals surface area contributed by atoms with E-state index in [4.69, 9.17) is 24.7 Å². The summed E-state index contributed by atoms with van der Waals surface area (Å²) in [4.78, 5) is 24.1. The Morgan fingerprint density at radius 2 is 0.922 bits per heavy atom. The highest BCUT2D eigenvalue weighted by Crippen LogP contribution is 2.30. The van der Waals surface area contributed by atoms with Crippen molar-refractivity contribution in [2.24, 2.45) is 11.8 Å². The second kappa shape index (κ2) is 33.4. The molecule has 51 heavy (non-hydrogen) atoms. The maximum atomic E-state index is 12.0. The van der Waals surface area contributed by atoms with E-state index in [1.807, 2.05) is 18.2 Å². The number of esters is 2. The predicted molar refractivity (Wildman–Crippen MR) is 213 cm³/mol. The van der Waals surface area contributed by atoms with Crippen LogP contribution in [-0.2, 0) is 19.1 Å². The number of ether oxygens (including phenoxy) is 4. The number of nitrogen functional groups attached to an aromatic ring is 1. The predicted octanol–water partition coefficient (Wildman–Crippen LogP) is 12.6. The van der Waals surface area contributed by atoms with Crippen LogP contribution >= 0.6 is 0 Å². The number of hydrogen-bond donors (Lipinski definition) is 1. The van der Waals surface area contributed by atoms with Crippen LogP contribution < -0.4 is 15.2 Å². The molecule has 1 aromatic carbocycles. The summed E-state index contributed by atoms with van der Waals surface area (Å²) in [6.45, 7) is 11.3. The van der Waals surface area contributed by atoms with Crippen LogP contribution in [0.5, 0.6) is 11.5 Å². The van der Waals surface area contributed by atoms with Crippen LogP contribution in [0, 0.1) is 11.8 Å². The molecule has 7 heteroatoms. The van der Waals surface area contributed by atoms with Crippen molar-refractivity contribution in [1.82, 2.24) is 0 Å². The number of unbranched alkanes of at least 4 members (excludes halogenated alkanes) is 16. The van der Waals surface area contributed by atoms with Gasteiger partial charge in [-0.1, -0.05) is 143 Å². The molecule has 1 aromatic rings.